The number of hydrogen-bond donors (Lipinski definition) is 4. The van der Waals surface area contributed by atoms with Crippen LogP contribution >= 0.6 is 0 Å². The smallest absolute Gasteiger partial charge is 0.305 e. The Balaban J connectivity index is 2.68. The number of aliphatic carboxylic acids is 1. The molecule has 2 rings (SSSR count). The number of aliphatic hydroxyl groups is 2. The molecule has 0 spiro atoms. The van der Waals surface area contributed by atoms with Gasteiger partial charge < -0.3 is 20.4 Å². The summed E-state index contributed by atoms with van der Waals surface area (Å²) in [4.78, 5) is 19.4. The molecule has 0 bridgehead atoms. The minimum Gasteiger partial charge on any atom is -0.507 e. The number of carbonyl (C=O) groups is 1. The molecule has 0 amide bonds. The van der Waals surface area contributed by atoms with Gasteiger partial charge in [0.15, 0.2) is 0 Å². The average molecular weight is 498 g/mol. The summed E-state index contributed by atoms with van der Waals surface area (Å²) in [6, 6.07) is 3.28. The Hall–Kier alpha value is -3.09. The van der Waals surface area contributed by atoms with E-state index in [0.29, 0.717) is 11.3 Å². The zero-order chi connectivity index (χ0) is 25.8. The van der Waals surface area contributed by atoms with Crippen molar-refractivity contribution in [1.82, 2.24) is 9.97 Å². The fourth-order valence-electron chi connectivity index (χ4n) is 3.13. The van der Waals surface area contributed by atoms with E-state index in [-0.39, 0.29) is 29.5 Å². The second-order valence-electron chi connectivity index (χ2n) is 8.13. The summed E-state index contributed by atoms with van der Waals surface area (Å²) in [5, 5.41) is 39.2. The van der Waals surface area contributed by atoms with Crippen LogP contribution in [0.2, 0.25) is 0 Å². The van der Waals surface area contributed by atoms with Gasteiger partial charge >= 0.3 is 5.97 Å². The van der Waals surface area contributed by atoms with Crippen LogP contribution in [0, 0.1) is 5.82 Å². The lowest BCUT2D eigenvalue weighted by molar-refractivity contribution is -0.139. The first-order valence-corrected chi connectivity index (χ1v) is 12.2. The molecule has 2 atom stereocenters. The van der Waals surface area contributed by atoms with Crippen LogP contribution in [0.1, 0.15) is 43.9 Å². The number of rotatable bonds is 10. The number of phenolic OH excluding ortho intramolecular Hbond substituents is 1. The number of hydrogen-bond acceptors (Lipinski definition) is 8. The molecule has 1 aromatic carbocycles. The molecule has 1 aromatic heterocycles. The zero-order valence-corrected chi connectivity index (χ0v) is 20.0. The average Bonchev–Trinajstić information content (AvgIpc) is 2.69. The number of benzene rings is 1. The minimum atomic E-state index is -3.72. The molecule has 0 aliphatic carbocycles. The first-order valence-electron chi connectivity index (χ1n) is 10.3. The Morgan fingerprint density at radius 3 is 2.41 bits per heavy atom. The van der Waals surface area contributed by atoms with E-state index in [0.717, 1.165) is 22.7 Å². The first-order chi connectivity index (χ1) is 15.7. The Bertz CT molecular complexity index is 1190. The van der Waals surface area contributed by atoms with Crippen LogP contribution in [0.4, 0.5) is 10.3 Å². The number of aliphatic hydroxyl groups excluding tert-OH is 2. The van der Waals surface area contributed by atoms with Gasteiger partial charge in [0.25, 0.3) is 0 Å². The number of carboxylic acid groups (broad SMARTS) is 1. The lowest BCUT2D eigenvalue weighted by Crippen LogP contribution is -2.27. The third-order valence-corrected chi connectivity index (χ3v) is 6.07. The van der Waals surface area contributed by atoms with Crippen LogP contribution < -0.4 is 4.31 Å². The van der Waals surface area contributed by atoms with E-state index >= 15 is 0 Å². The topological polar surface area (TPSA) is 161 Å². The molecule has 12 heteroatoms. The number of halogens is 1. The Morgan fingerprint density at radius 2 is 1.88 bits per heavy atom. The summed E-state index contributed by atoms with van der Waals surface area (Å²) in [6.07, 6.45) is 0.452. The molecule has 0 aliphatic heterocycles. The Kier molecular flexibility index (Phi) is 8.70. The van der Waals surface area contributed by atoms with E-state index in [1.165, 1.54) is 25.3 Å². The number of aromatic nitrogens is 2. The molecule has 0 saturated heterocycles. The third kappa shape index (κ3) is 6.95. The van der Waals surface area contributed by atoms with Gasteiger partial charge in [-0.2, -0.15) is 0 Å². The summed E-state index contributed by atoms with van der Waals surface area (Å²) >= 11 is 0. The maximum atomic E-state index is 13.6. The van der Waals surface area contributed by atoms with Crippen LogP contribution in [0.3, 0.4) is 0 Å². The molecule has 0 saturated carbocycles. The molecule has 186 valence electrons. The minimum absolute atomic E-state index is 0.0937. The van der Waals surface area contributed by atoms with Crippen molar-refractivity contribution < 1.29 is 38.0 Å². The lowest BCUT2D eigenvalue weighted by Gasteiger charge is -2.21. The van der Waals surface area contributed by atoms with Gasteiger partial charge in [0.05, 0.1) is 36.3 Å². The van der Waals surface area contributed by atoms with Crippen LogP contribution in [-0.2, 0) is 14.8 Å². The van der Waals surface area contributed by atoms with Gasteiger partial charge in [0, 0.05) is 30.7 Å². The van der Waals surface area contributed by atoms with Gasteiger partial charge in [0.1, 0.15) is 11.6 Å². The van der Waals surface area contributed by atoms with Crippen LogP contribution in [0.25, 0.3) is 17.3 Å². The fraction of sp³-hybridized carbons (Fsp3) is 0.409. The van der Waals surface area contributed by atoms with Crippen molar-refractivity contribution in [3.8, 4) is 17.0 Å². The number of phenols is 1. The predicted molar refractivity (Wildman–Crippen MR) is 124 cm³/mol. The summed E-state index contributed by atoms with van der Waals surface area (Å²) in [7, 11) is -2.45. The molecule has 4 N–H and O–H groups in total. The molecule has 0 unspecified atom stereocenters. The molecular weight excluding hydrogens is 469 g/mol. The highest BCUT2D eigenvalue weighted by Gasteiger charge is 2.24. The van der Waals surface area contributed by atoms with Crippen LogP contribution in [-0.4, -0.2) is 70.3 Å². The molecule has 2 aromatic rings. The Labute approximate surface area is 197 Å². The molecule has 1 heterocycles. The summed E-state index contributed by atoms with van der Waals surface area (Å²) in [5.74, 6) is -2.76. The van der Waals surface area contributed by atoms with Crippen LogP contribution in [0.5, 0.6) is 5.75 Å². The van der Waals surface area contributed by atoms with Crippen molar-refractivity contribution in [3.05, 3.63) is 41.3 Å². The molecular formula is C22H28FN3O7S. The van der Waals surface area contributed by atoms with Crippen molar-refractivity contribution in [2.75, 3.05) is 17.6 Å². The normalized spacial score (nSPS) is 13.9. The van der Waals surface area contributed by atoms with Gasteiger partial charge in [-0.1, -0.05) is 26.0 Å². The maximum absolute atomic E-state index is 13.6. The zero-order valence-electron chi connectivity index (χ0n) is 19.2. The van der Waals surface area contributed by atoms with E-state index in [1.807, 2.05) is 0 Å². The summed E-state index contributed by atoms with van der Waals surface area (Å²) in [5.41, 5.74) is 0.910. The van der Waals surface area contributed by atoms with E-state index in [2.05, 4.69) is 9.97 Å². The number of carboxylic acids is 1. The van der Waals surface area contributed by atoms with Gasteiger partial charge in [-0.25, -0.2) is 27.1 Å². The maximum Gasteiger partial charge on any atom is 0.305 e. The SMILES string of the molecule is CC(C)c1nc(N(C)S(C)(=O)=O)nc(-c2ccc(F)cc2O)c1/C=C/[C@@H](O)C[C@@H](O)CC(=O)O. The summed E-state index contributed by atoms with van der Waals surface area (Å²) < 4.78 is 38.6. The lowest BCUT2D eigenvalue weighted by atomic mass is 9.96. The number of aromatic hydroxyl groups is 1. The van der Waals surface area contributed by atoms with Gasteiger partial charge in [-0.05, 0) is 18.1 Å². The van der Waals surface area contributed by atoms with Gasteiger partial charge in [-0.15, -0.1) is 0 Å². The van der Waals surface area contributed by atoms with Gasteiger partial charge in [-0.3, -0.25) is 4.79 Å². The second kappa shape index (κ2) is 10.9. The largest absolute Gasteiger partial charge is 0.507 e. The molecule has 0 radical (unpaired) electrons. The van der Waals surface area contributed by atoms with Crippen molar-refractivity contribution in [2.45, 2.75) is 44.8 Å². The standard InChI is InChI=1S/C22H28FN3O7S/c1-12(2)20-17(8-6-14(27)10-15(28)11-19(30)31)21(16-7-5-13(23)9-18(16)29)25-22(24-20)26(3)34(4,32)33/h5-9,12,14-15,27-29H,10-11H2,1-4H3,(H,30,31)/b8-6+/t14-,15-/m1/s1. The summed E-state index contributed by atoms with van der Waals surface area (Å²) in [6.45, 7) is 3.59. The van der Waals surface area contributed by atoms with E-state index in [9.17, 15) is 32.9 Å². The third-order valence-electron chi connectivity index (χ3n) is 4.91. The molecule has 10 nitrogen and oxygen atoms in total. The van der Waals surface area contributed by atoms with E-state index < -0.39 is 46.2 Å². The highest BCUT2D eigenvalue weighted by Crippen LogP contribution is 2.36. The highest BCUT2D eigenvalue weighted by atomic mass is 32.2. The van der Waals surface area contributed by atoms with E-state index in [4.69, 9.17) is 5.11 Å². The monoisotopic (exact) mass is 497 g/mol. The first kappa shape index (κ1) is 27.2. The molecule has 34 heavy (non-hydrogen) atoms. The van der Waals surface area contributed by atoms with Gasteiger partial charge in [0.2, 0.25) is 16.0 Å². The van der Waals surface area contributed by atoms with Crippen molar-refractivity contribution >= 4 is 28.0 Å². The molecule has 0 aliphatic rings. The van der Waals surface area contributed by atoms with E-state index in [1.54, 1.807) is 13.8 Å². The number of nitrogens with zero attached hydrogens (tertiary/aromatic N) is 3. The molecule has 0 fully saturated rings. The predicted octanol–water partition coefficient (Wildman–Crippen LogP) is 2.11. The number of sulfonamides is 1. The van der Waals surface area contributed by atoms with Crippen molar-refractivity contribution in [2.24, 2.45) is 0 Å². The fourth-order valence-corrected chi connectivity index (χ4v) is 3.51. The number of anilines is 1. The van der Waals surface area contributed by atoms with Crippen molar-refractivity contribution in [3.63, 3.8) is 0 Å². The second-order valence-corrected chi connectivity index (χ2v) is 10.1. The Morgan fingerprint density at radius 1 is 1.24 bits per heavy atom. The van der Waals surface area contributed by atoms with Crippen molar-refractivity contribution in [1.29, 1.82) is 0 Å². The van der Waals surface area contributed by atoms with Crippen LogP contribution in [0.15, 0.2) is 24.3 Å². The quantitative estimate of drug-likeness (QED) is 0.385. The highest BCUT2D eigenvalue weighted by molar-refractivity contribution is 7.92.